The molecule has 114 valence electrons. The van der Waals surface area contributed by atoms with Crippen LogP contribution in [-0.2, 0) is 0 Å². The van der Waals surface area contributed by atoms with Gasteiger partial charge in [-0.2, -0.15) is 0 Å². The van der Waals surface area contributed by atoms with E-state index in [4.69, 9.17) is 4.74 Å². The molecular weight excluding hydrogens is 254 g/mol. The van der Waals surface area contributed by atoms with E-state index in [-0.39, 0.29) is 12.7 Å². The monoisotopic (exact) mass is 281 g/mol. The van der Waals surface area contributed by atoms with Gasteiger partial charge in [-0.05, 0) is 31.4 Å². The van der Waals surface area contributed by atoms with Crippen LogP contribution < -0.4 is 10.1 Å². The summed E-state index contributed by atoms with van der Waals surface area (Å²) in [6.45, 7) is 7.21. The number of ether oxygens (including phenoxy) is 1. The molecule has 0 radical (unpaired) electrons. The fourth-order valence-electron chi connectivity index (χ4n) is 2.12. The lowest BCUT2D eigenvalue weighted by atomic mass is 10.1. The largest absolute Gasteiger partial charge is 0.490 e. The molecule has 1 rings (SSSR count). The third-order valence-electron chi connectivity index (χ3n) is 3.21. The molecule has 0 aliphatic rings. The molecule has 1 aromatic carbocycles. The van der Waals surface area contributed by atoms with Gasteiger partial charge in [0, 0.05) is 13.1 Å². The Balaban J connectivity index is 2.28. The number of hydrogen-bond donors (Lipinski definition) is 3. The molecule has 2 unspecified atom stereocenters. The van der Waals surface area contributed by atoms with Crippen LogP contribution in [0.25, 0.3) is 0 Å². The van der Waals surface area contributed by atoms with Crippen molar-refractivity contribution in [3.63, 3.8) is 0 Å². The van der Waals surface area contributed by atoms with Crippen molar-refractivity contribution in [2.24, 2.45) is 0 Å². The lowest BCUT2D eigenvalue weighted by Crippen LogP contribution is -2.35. The van der Waals surface area contributed by atoms with Gasteiger partial charge in [0.2, 0.25) is 0 Å². The zero-order valence-electron chi connectivity index (χ0n) is 12.7. The molecule has 4 heteroatoms. The fourth-order valence-corrected chi connectivity index (χ4v) is 2.12. The lowest BCUT2D eigenvalue weighted by molar-refractivity contribution is 0.0979. The Morgan fingerprint density at radius 1 is 1.10 bits per heavy atom. The highest BCUT2D eigenvalue weighted by Gasteiger charge is 2.09. The highest BCUT2D eigenvalue weighted by molar-refractivity contribution is 5.39. The van der Waals surface area contributed by atoms with Crippen molar-refractivity contribution >= 4 is 0 Å². The third-order valence-corrected chi connectivity index (χ3v) is 3.21. The SMILES string of the molecule is CCCC(O)CNCC(O)COc1c(C)cccc1C. The Bertz CT molecular complexity index is 375. The van der Waals surface area contributed by atoms with E-state index in [1.54, 1.807) is 0 Å². The van der Waals surface area contributed by atoms with Crippen LogP contribution in [0, 0.1) is 13.8 Å². The second kappa shape index (κ2) is 8.95. The van der Waals surface area contributed by atoms with E-state index >= 15 is 0 Å². The summed E-state index contributed by atoms with van der Waals surface area (Å²) >= 11 is 0. The summed E-state index contributed by atoms with van der Waals surface area (Å²) in [6, 6.07) is 5.98. The Morgan fingerprint density at radius 2 is 1.70 bits per heavy atom. The summed E-state index contributed by atoms with van der Waals surface area (Å²) < 4.78 is 5.68. The van der Waals surface area contributed by atoms with Crippen LogP contribution in [0.4, 0.5) is 0 Å². The molecule has 1 aromatic rings. The van der Waals surface area contributed by atoms with Gasteiger partial charge in [-0.3, -0.25) is 0 Å². The van der Waals surface area contributed by atoms with Gasteiger partial charge in [0.1, 0.15) is 18.5 Å². The first-order valence-electron chi connectivity index (χ1n) is 7.30. The van der Waals surface area contributed by atoms with Crippen LogP contribution in [0.3, 0.4) is 0 Å². The molecule has 4 nitrogen and oxygen atoms in total. The van der Waals surface area contributed by atoms with Crippen LogP contribution in [0.5, 0.6) is 5.75 Å². The topological polar surface area (TPSA) is 61.7 Å². The van der Waals surface area contributed by atoms with E-state index in [2.05, 4.69) is 5.32 Å². The number of hydrogen-bond acceptors (Lipinski definition) is 4. The van der Waals surface area contributed by atoms with Crippen LogP contribution in [-0.4, -0.2) is 42.1 Å². The normalized spacial score (nSPS) is 14.1. The average molecular weight is 281 g/mol. The van der Waals surface area contributed by atoms with Gasteiger partial charge in [-0.15, -0.1) is 0 Å². The molecule has 3 N–H and O–H groups in total. The molecule has 0 bridgehead atoms. The van der Waals surface area contributed by atoms with Crippen LogP contribution in [0.1, 0.15) is 30.9 Å². The van der Waals surface area contributed by atoms with Crippen molar-refractivity contribution in [3.05, 3.63) is 29.3 Å². The van der Waals surface area contributed by atoms with E-state index < -0.39 is 6.10 Å². The summed E-state index contributed by atoms with van der Waals surface area (Å²) in [4.78, 5) is 0. The third kappa shape index (κ3) is 5.90. The van der Waals surface area contributed by atoms with Gasteiger partial charge in [-0.25, -0.2) is 0 Å². The van der Waals surface area contributed by atoms with Gasteiger partial charge in [0.05, 0.1) is 6.10 Å². The first-order valence-corrected chi connectivity index (χ1v) is 7.30. The molecule has 20 heavy (non-hydrogen) atoms. The lowest BCUT2D eigenvalue weighted by Gasteiger charge is -2.17. The smallest absolute Gasteiger partial charge is 0.125 e. The fraction of sp³-hybridized carbons (Fsp3) is 0.625. The number of benzene rings is 1. The molecule has 0 amide bonds. The Labute approximate surface area is 121 Å². The quantitative estimate of drug-likeness (QED) is 0.646. The Kier molecular flexibility index (Phi) is 7.59. The average Bonchev–Trinajstić information content (AvgIpc) is 2.38. The molecule has 0 aliphatic carbocycles. The van der Waals surface area contributed by atoms with Crippen molar-refractivity contribution < 1.29 is 14.9 Å². The number of para-hydroxylation sites is 1. The second-order valence-electron chi connectivity index (χ2n) is 5.29. The molecule has 2 atom stereocenters. The van der Waals surface area contributed by atoms with Crippen molar-refractivity contribution in [1.29, 1.82) is 0 Å². The van der Waals surface area contributed by atoms with Gasteiger partial charge < -0.3 is 20.3 Å². The highest BCUT2D eigenvalue weighted by atomic mass is 16.5. The van der Waals surface area contributed by atoms with Crippen molar-refractivity contribution in [2.75, 3.05) is 19.7 Å². The number of nitrogens with one attached hydrogen (secondary N) is 1. The molecule has 0 aliphatic heterocycles. The van der Waals surface area contributed by atoms with E-state index in [1.807, 2.05) is 39.0 Å². The predicted octanol–water partition coefficient (Wildman–Crippen LogP) is 1.79. The molecule has 0 fully saturated rings. The number of rotatable bonds is 9. The molecule has 0 saturated carbocycles. The minimum absolute atomic E-state index is 0.253. The predicted molar refractivity (Wildman–Crippen MR) is 81.2 cm³/mol. The summed E-state index contributed by atoms with van der Waals surface area (Å²) in [5.41, 5.74) is 2.15. The summed E-state index contributed by atoms with van der Waals surface area (Å²) in [5, 5.41) is 22.5. The number of aliphatic hydroxyl groups is 2. The van der Waals surface area contributed by atoms with Gasteiger partial charge in [0.25, 0.3) is 0 Å². The highest BCUT2D eigenvalue weighted by Crippen LogP contribution is 2.22. The minimum Gasteiger partial charge on any atom is -0.490 e. The number of aliphatic hydroxyl groups excluding tert-OH is 2. The standard InChI is InChI=1S/C16H27NO3/c1-4-6-14(18)9-17-10-15(19)11-20-16-12(2)7-5-8-13(16)3/h5,7-8,14-15,17-19H,4,6,9-11H2,1-3H3. The van der Waals surface area contributed by atoms with E-state index in [0.29, 0.717) is 13.1 Å². The van der Waals surface area contributed by atoms with Crippen LogP contribution in [0.15, 0.2) is 18.2 Å². The Morgan fingerprint density at radius 3 is 2.30 bits per heavy atom. The molecule has 0 heterocycles. The number of aryl methyl sites for hydroxylation is 2. The summed E-state index contributed by atoms with van der Waals surface area (Å²) in [7, 11) is 0. The van der Waals surface area contributed by atoms with Crippen LogP contribution >= 0.6 is 0 Å². The Hall–Kier alpha value is -1.10. The van der Waals surface area contributed by atoms with E-state index in [9.17, 15) is 10.2 Å². The summed E-state index contributed by atoms with van der Waals surface area (Å²) in [5.74, 6) is 0.845. The van der Waals surface area contributed by atoms with Gasteiger partial charge >= 0.3 is 0 Å². The van der Waals surface area contributed by atoms with Crippen LogP contribution in [0.2, 0.25) is 0 Å². The maximum Gasteiger partial charge on any atom is 0.125 e. The van der Waals surface area contributed by atoms with Crippen molar-refractivity contribution in [2.45, 2.75) is 45.8 Å². The molecule has 0 spiro atoms. The maximum atomic E-state index is 9.87. The summed E-state index contributed by atoms with van der Waals surface area (Å²) in [6.07, 6.45) is 0.817. The molecule has 0 saturated heterocycles. The second-order valence-corrected chi connectivity index (χ2v) is 5.29. The van der Waals surface area contributed by atoms with E-state index in [1.165, 1.54) is 0 Å². The van der Waals surface area contributed by atoms with Gasteiger partial charge in [-0.1, -0.05) is 31.5 Å². The van der Waals surface area contributed by atoms with Crippen molar-refractivity contribution in [1.82, 2.24) is 5.32 Å². The first kappa shape index (κ1) is 17.0. The molecule has 0 aromatic heterocycles. The van der Waals surface area contributed by atoms with Crippen molar-refractivity contribution in [3.8, 4) is 5.75 Å². The van der Waals surface area contributed by atoms with E-state index in [0.717, 1.165) is 29.7 Å². The maximum absolute atomic E-state index is 9.87. The zero-order valence-corrected chi connectivity index (χ0v) is 12.7. The minimum atomic E-state index is -0.581. The molecular formula is C16H27NO3. The zero-order chi connectivity index (χ0) is 15.0. The van der Waals surface area contributed by atoms with Gasteiger partial charge in [0.15, 0.2) is 0 Å². The first-order chi connectivity index (χ1) is 9.54.